The molecule has 0 unspecified atom stereocenters. The summed E-state index contributed by atoms with van der Waals surface area (Å²) in [5.41, 5.74) is 3.40. The molecule has 3 nitrogen and oxygen atoms in total. The van der Waals surface area contributed by atoms with E-state index in [4.69, 9.17) is 4.74 Å². The number of alkyl carbamates (subject to hydrolysis) is 1. The van der Waals surface area contributed by atoms with Gasteiger partial charge in [0.1, 0.15) is 12.4 Å². The van der Waals surface area contributed by atoms with E-state index in [-0.39, 0.29) is 24.6 Å². The zero-order valence-corrected chi connectivity index (χ0v) is 16.8. The van der Waals surface area contributed by atoms with Crippen LogP contribution in [0.25, 0.3) is 17.2 Å². The minimum Gasteiger partial charge on any atom is -0.449 e. The van der Waals surface area contributed by atoms with Gasteiger partial charge >= 0.3 is 12.3 Å². The summed E-state index contributed by atoms with van der Waals surface area (Å²) in [4.78, 5) is 12.1. The predicted octanol–water partition coefficient (Wildman–Crippen LogP) is 6.40. The predicted molar refractivity (Wildman–Crippen MR) is 114 cm³/mol. The fraction of sp³-hybridized carbons (Fsp3) is 0.160. The Morgan fingerprint density at radius 3 is 2.19 bits per heavy atom. The van der Waals surface area contributed by atoms with Crippen LogP contribution in [-0.4, -0.2) is 19.2 Å². The topological polar surface area (TPSA) is 38.3 Å². The highest BCUT2D eigenvalue weighted by Gasteiger charge is 2.33. The van der Waals surface area contributed by atoms with Gasteiger partial charge in [0.15, 0.2) is 0 Å². The fourth-order valence-corrected chi connectivity index (χ4v) is 3.85. The van der Waals surface area contributed by atoms with Gasteiger partial charge in [-0.05, 0) is 39.9 Å². The molecule has 0 saturated carbocycles. The van der Waals surface area contributed by atoms with Gasteiger partial charge in [0, 0.05) is 12.5 Å². The molecule has 3 aromatic rings. The van der Waals surface area contributed by atoms with Crippen LogP contribution in [0.5, 0.6) is 0 Å². The van der Waals surface area contributed by atoms with E-state index in [9.17, 15) is 22.4 Å². The highest BCUT2D eigenvalue weighted by molar-refractivity contribution is 5.79. The SMILES string of the molecule is O=C(NCC=Cc1ccc(C(F)(F)F)c(F)c1)OCC1c2ccccc2-c2ccccc21. The average Bonchev–Trinajstić information content (AvgIpc) is 3.08. The Morgan fingerprint density at radius 1 is 0.969 bits per heavy atom. The number of nitrogens with one attached hydrogen (secondary N) is 1. The molecule has 0 bridgehead atoms. The molecule has 0 spiro atoms. The number of halogens is 4. The first kappa shape index (κ1) is 21.6. The van der Waals surface area contributed by atoms with E-state index in [1.54, 1.807) is 0 Å². The molecule has 0 radical (unpaired) electrons. The first-order chi connectivity index (χ1) is 15.3. The molecule has 1 N–H and O–H groups in total. The second-order valence-corrected chi connectivity index (χ2v) is 7.35. The first-order valence-electron chi connectivity index (χ1n) is 9.96. The first-order valence-corrected chi connectivity index (χ1v) is 9.96. The van der Waals surface area contributed by atoms with Gasteiger partial charge in [-0.3, -0.25) is 0 Å². The molecule has 0 saturated heterocycles. The van der Waals surface area contributed by atoms with Gasteiger partial charge < -0.3 is 10.1 Å². The Balaban J connectivity index is 1.31. The monoisotopic (exact) mass is 441 g/mol. The smallest absolute Gasteiger partial charge is 0.419 e. The van der Waals surface area contributed by atoms with Crippen molar-refractivity contribution in [1.82, 2.24) is 5.32 Å². The minimum absolute atomic E-state index is 0.0567. The van der Waals surface area contributed by atoms with Crippen LogP contribution in [0.2, 0.25) is 0 Å². The zero-order chi connectivity index (χ0) is 22.7. The number of benzene rings is 3. The van der Waals surface area contributed by atoms with E-state index in [1.165, 1.54) is 12.2 Å². The summed E-state index contributed by atoms with van der Waals surface area (Å²) in [6.45, 7) is 0.257. The van der Waals surface area contributed by atoms with Crippen molar-refractivity contribution in [2.75, 3.05) is 13.2 Å². The van der Waals surface area contributed by atoms with E-state index in [1.807, 2.05) is 48.5 Å². The summed E-state index contributed by atoms with van der Waals surface area (Å²) in [6.07, 6.45) is -2.43. The van der Waals surface area contributed by atoms with Gasteiger partial charge in [-0.15, -0.1) is 0 Å². The molecule has 4 rings (SSSR count). The Kier molecular flexibility index (Phi) is 5.99. The lowest BCUT2D eigenvalue weighted by Gasteiger charge is -2.14. The Morgan fingerprint density at radius 2 is 1.59 bits per heavy atom. The van der Waals surface area contributed by atoms with Crippen LogP contribution in [-0.2, 0) is 10.9 Å². The van der Waals surface area contributed by atoms with Gasteiger partial charge in [0.25, 0.3) is 0 Å². The van der Waals surface area contributed by atoms with Crippen molar-refractivity contribution in [3.8, 4) is 11.1 Å². The van der Waals surface area contributed by atoms with Crippen molar-refractivity contribution in [3.63, 3.8) is 0 Å². The number of hydrogen-bond donors (Lipinski definition) is 1. The Hall–Kier alpha value is -3.61. The molecule has 0 atom stereocenters. The summed E-state index contributed by atoms with van der Waals surface area (Å²) < 4.78 is 56.8. The maximum atomic E-state index is 13.6. The number of ether oxygens (including phenoxy) is 1. The summed E-state index contributed by atoms with van der Waals surface area (Å²) in [5.74, 6) is -1.40. The molecule has 1 aliphatic rings. The molecular weight excluding hydrogens is 422 g/mol. The van der Waals surface area contributed by atoms with E-state index in [2.05, 4.69) is 5.32 Å². The Labute approximate surface area is 182 Å². The number of alkyl halides is 3. The third kappa shape index (κ3) is 4.51. The number of carbonyl (C=O) groups excluding carboxylic acids is 1. The lowest BCUT2D eigenvalue weighted by Crippen LogP contribution is -2.26. The molecule has 0 fully saturated rings. The molecule has 1 amide bonds. The van der Waals surface area contributed by atoms with Gasteiger partial charge in [-0.25, -0.2) is 9.18 Å². The van der Waals surface area contributed by atoms with Gasteiger partial charge in [0.2, 0.25) is 0 Å². The van der Waals surface area contributed by atoms with Crippen molar-refractivity contribution in [1.29, 1.82) is 0 Å². The number of amides is 1. The quantitative estimate of drug-likeness (QED) is 0.466. The van der Waals surface area contributed by atoms with Crippen molar-refractivity contribution < 1.29 is 27.1 Å². The molecule has 0 aromatic heterocycles. The zero-order valence-electron chi connectivity index (χ0n) is 16.8. The third-order valence-corrected chi connectivity index (χ3v) is 5.32. The molecule has 1 aliphatic carbocycles. The van der Waals surface area contributed by atoms with Gasteiger partial charge in [-0.1, -0.05) is 66.7 Å². The van der Waals surface area contributed by atoms with Crippen LogP contribution >= 0.6 is 0 Å². The second-order valence-electron chi connectivity index (χ2n) is 7.35. The number of rotatable bonds is 5. The Bertz CT molecular complexity index is 1130. The van der Waals surface area contributed by atoms with Gasteiger partial charge in [-0.2, -0.15) is 13.2 Å². The number of hydrogen-bond acceptors (Lipinski definition) is 2. The number of fused-ring (bicyclic) bond motifs is 3. The summed E-state index contributed by atoms with van der Waals surface area (Å²) in [6, 6.07) is 18.6. The largest absolute Gasteiger partial charge is 0.449 e. The normalized spacial score (nSPS) is 13.1. The molecule has 0 heterocycles. The second kappa shape index (κ2) is 8.86. The molecule has 3 aromatic carbocycles. The summed E-state index contributed by atoms with van der Waals surface area (Å²) >= 11 is 0. The lowest BCUT2D eigenvalue weighted by molar-refractivity contribution is -0.140. The van der Waals surface area contributed by atoms with Crippen LogP contribution in [0.3, 0.4) is 0 Å². The maximum absolute atomic E-state index is 13.6. The highest BCUT2D eigenvalue weighted by Crippen LogP contribution is 2.44. The molecule has 7 heteroatoms. The van der Waals surface area contributed by atoms with Crippen molar-refractivity contribution in [2.24, 2.45) is 0 Å². The van der Waals surface area contributed by atoms with E-state index >= 15 is 0 Å². The standard InChI is InChI=1S/C25H19F4NO2/c26-23-14-16(11-12-22(23)25(27,28)29)6-5-13-30-24(31)32-15-21-19-9-3-1-7-17(19)18-8-2-4-10-20(18)21/h1-12,14,21H,13,15H2,(H,30,31). The third-order valence-electron chi connectivity index (χ3n) is 5.32. The van der Waals surface area contributed by atoms with E-state index < -0.39 is 23.7 Å². The van der Waals surface area contributed by atoms with Crippen LogP contribution in [0, 0.1) is 5.82 Å². The molecular formula is C25H19F4NO2. The van der Waals surface area contributed by atoms with Crippen molar-refractivity contribution >= 4 is 12.2 Å². The van der Waals surface area contributed by atoms with Crippen LogP contribution in [0.1, 0.15) is 28.2 Å². The molecule has 0 aliphatic heterocycles. The lowest BCUT2D eigenvalue weighted by atomic mass is 9.98. The van der Waals surface area contributed by atoms with Crippen LogP contribution in [0.15, 0.2) is 72.8 Å². The summed E-state index contributed by atoms with van der Waals surface area (Å²) in [7, 11) is 0. The van der Waals surface area contributed by atoms with Crippen molar-refractivity contribution in [3.05, 3.63) is 101 Å². The van der Waals surface area contributed by atoms with E-state index in [0.717, 1.165) is 34.4 Å². The van der Waals surface area contributed by atoms with Crippen molar-refractivity contribution in [2.45, 2.75) is 12.1 Å². The van der Waals surface area contributed by atoms with Crippen LogP contribution < -0.4 is 5.32 Å². The summed E-state index contributed by atoms with van der Waals surface area (Å²) in [5, 5.41) is 2.55. The van der Waals surface area contributed by atoms with Gasteiger partial charge in [0.05, 0.1) is 5.56 Å². The number of carbonyl (C=O) groups is 1. The van der Waals surface area contributed by atoms with E-state index in [0.29, 0.717) is 6.07 Å². The highest BCUT2D eigenvalue weighted by atomic mass is 19.4. The molecule has 164 valence electrons. The van der Waals surface area contributed by atoms with Crippen LogP contribution in [0.4, 0.5) is 22.4 Å². The maximum Gasteiger partial charge on any atom is 0.419 e. The minimum atomic E-state index is -4.74. The fourth-order valence-electron chi connectivity index (χ4n) is 3.85. The average molecular weight is 441 g/mol. The molecule has 32 heavy (non-hydrogen) atoms.